The largest absolute Gasteiger partial charge is 0.416 e. The molecule has 0 fully saturated rings. The molecule has 0 bridgehead atoms. The van der Waals surface area contributed by atoms with Gasteiger partial charge in [-0.3, -0.25) is 0 Å². The highest BCUT2D eigenvalue weighted by Crippen LogP contribution is 2.34. The lowest BCUT2D eigenvalue weighted by molar-refractivity contribution is -0.137. The Kier molecular flexibility index (Phi) is 3.57. The summed E-state index contributed by atoms with van der Waals surface area (Å²) >= 11 is 0. The van der Waals surface area contributed by atoms with Crippen LogP contribution in [0.25, 0.3) is 0 Å². The van der Waals surface area contributed by atoms with Gasteiger partial charge < -0.3 is 11.1 Å². The van der Waals surface area contributed by atoms with Crippen molar-refractivity contribution >= 4 is 17.1 Å². The number of alkyl halides is 3. The van der Waals surface area contributed by atoms with Crippen LogP contribution in [-0.4, -0.2) is 0 Å². The summed E-state index contributed by atoms with van der Waals surface area (Å²) in [7, 11) is 0. The molecule has 0 amide bonds. The first-order chi connectivity index (χ1) is 9.29. The minimum absolute atomic E-state index is 0.0523. The lowest BCUT2D eigenvalue weighted by atomic mass is 10.1. The predicted molar refractivity (Wildman–Crippen MR) is 70.3 cm³/mol. The molecule has 0 spiro atoms. The van der Waals surface area contributed by atoms with Gasteiger partial charge in [0.2, 0.25) is 0 Å². The summed E-state index contributed by atoms with van der Waals surface area (Å²) in [6.07, 6.45) is -4.44. The summed E-state index contributed by atoms with van der Waals surface area (Å²) in [5.74, 6) is -0.402. The van der Waals surface area contributed by atoms with E-state index in [9.17, 15) is 17.6 Å². The predicted octanol–water partition coefficient (Wildman–Crippen LogP) is 4.48. The molecule has 6 heteroatoms. The third-order valence-electron chi connectivity index (χ3n) is 2.92. The fourth-order valence-electron chi connectivity index (χ4n) is 1.74. The third-order valence-corrected chi connectivity index (χ3v) is 2.92. The number of benzene rings is 2. The van der Waals surface area contributed by atoms with E-state index in [1.54, 1.807) is 13.0 Å². The number of nitrogens with two attached hydrogens (primary N) is 1. The van der Waals surface area contributed by atoms with Crippen molar-refractivity contribution in [1.82, 2.24) is 0 Å². The van der Waals surface area contributed by atoms with Gasteiger partial charge in [0.25, 0.3) is 0 Å². The number of halogens is 4. The van der Waals surface area contributed by atoms with E-state index in [0.29, 0.717) is 16.9 Å². The van der Waals surface area contributed by atoms with Crippen LogP contribution in [0.2, 0.25) is 0 Å². The molecule has 2 aromatic carbocycles. The van der Waals surface area contributed by atoms with E-state index in [4.69, 9.17) is 5.73 Å². The minimum Gasteiger partial charge on any atom is -0.397 e. The highest BCUT2D eigenvalue weighted by molar-refractivity contribution is 5.74. The van der Waals surface area contributed by atoms with Crippen LogP contribution >= 0.6 is 0 Å². The van der Waals surface area contributed by atoms with Crippen molar-refractivity contribution in [2.24, 2.45) is 0 Å². The fourth-order valence-corrected chi connectivity index (χ4v) is 1.74. The van der Waals surface area contributed by atoms with Gasteiger partial charge in [0.15, 0.2) is 0 Å². The van der Waals surface area contributed by atoms with Gasteiger partial charge in [-0.2, -0.15) is 13.2 Å². The first kappa shape index (κ1) is 14.2. The van der Waals surface area contributed by atoms with Gasteiger partial charge in [0.1, 0.15) is 5.82 Å². The van der Waals surface area contributed by atoms with Crippen LogP contribution in [0.3, 0.4) is 0 Å². The number of anilines is 3. The number of hydrogen-bond donors (Lipinski definition) is 2. The molecule has 0 unspecified atom stereocenters. The quantitative estimate of drug-likeness (QED) is 0.630. The van der Waals surface area contributed by atoms with E-state index >= 15 is 0 Å². The standard InChI is InChI=1S/C14H12F4N2/c1-8-10(15)3-2-4-12(8)20-13-6-5-9(7-11(13)19)14(16,17)18/h2-7,20H,19H2,1H3. The zero-order chi connectivity index (χ0) is 14.9. The molecular weight excluding hydrogens is 272 g/mol. The van der Waals surface area contributed by atoms with Gasteiger partial charge in [-0.1, -0.05) is 6.07 Å². The van der Waals surface area contributed by atoms with E-state index < -0.39 is 17.6 Å². The molecule has 0 atom stereocenters. The van der Waals surface area contributed by atoms with E-state index in [1.165, 1.54) is 18.2 Å². The van der Waals surface area contributed by atoms with Gasteiger partial charge in [0.05, 0.1) is 16.9 Å². The second kappa shape index (κ2) is 5.03. The second-order valence-electron chi connectivity index (χ2n) is 4.34. The van der Waals surface area contributed by atoms with Crippen LogP contribution in [0.15, 0.2) is 36.4 Å². The molecule has 0 saturated carbocycles. The molecule has 0 saturated heterocycles. The van der Waals surface area contributed by atoms with Gasteiger partial charge in [-0.05, 0) is 37.3 Å². The third kappa shape index (κ3) is 2.84. The fraction of sp³-hybridized carbons (Fsp3) is 0.143. The number of nitrogen functional groups attached to an aromatic ring is 1. The molecule has 0 aliphatic heterocycles. The Bertz CT molecular complexity index is 636. The normalized spacial score (nSPS) is 11.4. The molecule has 0 aliphatic rings. The molecule has 0 heterocycles. The first-order valence-electron chi connectivity index (χ1n) is 5.78. The van der Waals surface area contributed by atoms with Crippen molar-refractivity contribution in [3.63, 3.8) is 0 Å². The number of hydrogen-bond acceptors (Lipinski definition) is 2. The topological polar surface area (TPSA) is 38.0 Å². The highest BCUT2D eigenvalue weighted by atomic mass is 19.4. The molecule has 0 aromatic heterocycles. The van der Waals surface area contributed by atoms with Crippen molar-refractivity contribution in [1.29, 1.82) is 0 Å². The van der Waals surface area contributed by atoms with Crippen molar-refractivity contribution in [2.75, 3.05) is 11.1 Å². The van der Waals surface area contributed by atoms with Crippen LogP contribution in [0.1, 0.15) is 11.1 Å². The summed E-state index contributed by atoms with van der Waals surface area (Å²) in [6.45, 7) is 1.57. The maximum Gasteiger partial charge on any atom is 0.416 e. The lowest BCUT2D eigenvalue weighted by Gasteiger charge is -2.14. The molecule has 2 nitrogen and oxygen atoms in total. The van der Waals surface area contributed by atoms with Crippen molar-refractivity contribution in [3.05, 3.63) is 53.3 Å². The Morgan fingerprint density at radius 2 is 1.75 bits per heavy atom. The van der Waals surface area contributed by atoms with Gasteiger partial charge in [0, 0.05) is 11.3 Å². The summed E-state index contributed by atoms with van der Waals surface area (Å²) in [4.78, 5) is 0. The van der Waals surface area contributed by atoms with E-state index in [-0.39, 0.29) is 5.69 Å². The Morgan fingerprint density at radius 3 is 2.35 bits per heavy atom. The SMILES string of the molecule is Cc1c(F)cccc1Nc1ccc(C(F)(F)F)cc1N. The van der Waals surface area contributed by atoms with E-state index in [0.717, 1.165) is 12.1 Å². The maximum atomic E-state index is 13.4. The summed E-state index contributed by atoms with van der Waals surface area (Å²) in [6, 6.07) is 7.42. The van der Waals surface area contributed by atoms with Crippen LogP contribution < -0.4 is 11.1 Å². The van der Waals surface area contributed by atoms with Gasteiger partial charge in [-0.25, -0.2) is 4.39 Å². The highest BCUT2D eigenvalue weighted by Gasteiger charge is 2.30. The van der Waals surface area contributed by atoms with Crippen LogP contribution in [-0.2, 0) is 6.18 Å². The van der Waals surface area contributed by atoms with E-state index in [2.05, 4.69) is 5.32 Å². The lowest BCUT2D eigenvalue weighted by Crippen LogP contribution is -2.07. The molecule has 0 aliphatic carbocycles. The zero-order valence-corrected chi connectivity index (χ0v) is 10.6. The molecule has 106 valence electrons. The zero-order valence-electron chi connectivity index (χ0n) is 10.6. The summed E-state index contributed by atoms with van der Waals surface area (Å²) in [5.41, 5.74) is 5.84. The number of rotatable bonds is 2. The second-order valence-corrected chi connectivity index (χ2v) is 4.34. The molecule has 0 radical (unpaired) electrons. The summed E-state index contributed by atoms with van der Waals surface area (Å²) < 4.78 is 50.9. The number of nitrogens with one attached hydrogen (secondary N) is 1. The van der Waals surface area contributed by atoms with Crippen molar-refractivity contribution < 1.29 is 17.6 Å². The smallest absolute Gasteiger partial charge is 0.397 e. The van der Waals surface area contributed by atoms with Crippen LogP contribution in [0.5, 0.6) is 0 Å². The first-order valence-corrected chi connectivity index (χ1v) is 5.78. The Balaban J connectivity index is 2.33. The Hall–Kier alpha value is -2.24. The van der Waals surface area contributed by atoms with Gasteiger partial charge in [-0.15, -0.1) is 0 Å². The molecule has 2 rings (SSSR count). The van der Waals surface area contributed by atoms with Crippen LogP contribution in [0.4, 0.5) is 34.6 Å². The Morgan fingerprint density at radius 1 is 1.05 bits per heavy atom. The maximum absolute atomic E-state index is 13.4. The van der Waals surface area contributed by atoms with Crippen molar-refractivity contribution in [2.45, 2.75) is 13.1 Å². The van der Waals surface area contributed by atoms with Crippen molar-refractivity contribution in [3.8, 4) is 0 Å². The molecule has 2 aromatic rings. The monoisotopic (exact) mass is 284 g/mol. The van der Waals surface area contributed by atoms with E-state index in [1.807, 2.05) is 0 Å². The minimum atomic E-state index is -4.44. The average molecular weight is 284 g/mol. The molecule has 20 heavy (non-hydrogen) atoms. The Labute approximate surface area is 113 Å². The van der Waals surface area contributed by atoms with Crippen LogP contribution in [0, 0.1) is 12.7 Å². The van der Waals surface area contributed by atoms with Gasteiger partial charge >= 0.3 is 6.18 Å². The average Bonchev–Trinajstić information content (AvgIpc) is 2.36. The summed E-state index contributed by atoms with van der Waals surface area (Å²) in [5, 5.41) is 2.83. The molecular formula is C14H12F4N2. The molecule has 3 N–H and O–H groups in total.